The molecule has 0 bridgehead atoms. The first-order valence-corrected chi connectivity index (χ1v) is 15.1. The van der Waals surface area contributed by atoms with E-state index in [1.807, 2.05) is 93.6 Å². The number of carbonyl (C=O) groups is 1. The van der Waals surface area contributed by atoms with E-state index < -0.39 is 11.2 Å². The van der Waals surface area contributed by atoms with E-state index in [4.69, 9.17) is 18.9 Å². The fourth-order valence-corrected chi connectivity index (χ4v) is 6.10. The SMILES string of the molecule is CC(C)(C)OC(=O)N1CCC[C@H]1[C@H]1COc2ccc(COC(c3ccccc3)(c3ccccc3)c3ccccc3)cc2O1. The van der Waals surface area contributed by atoms with Gasteiger partial charge in [0, 0.05) is 6.54 Å². The molecular weight excluding hydrogens is 538 g/mol. The lowest BCUT2D eigenvalue weighted by Gasteiger charge is -2.36. The molecule has 0 N–H and O–H groups in total. The normalized spacial score (nSPS) is 18.3. The molecule has 4 aromatic rings. The third-order valence-electron chi connectivity index (χ3n) is 8.04. The van der Waals surface area contributed by atoms with Gasteiger partial charge in [-0.2, -0.15) is 0 Å². The smallest absolute Gasteiger partial charge is 0.410 e. The number of amides is 1. The van der Waals surface area contributed by atoms with E-state index in [1.54, 1.807) is 4.90 Å². The molecule has 6 rings (SSSR count). The topological polar surface area (TPSA) is 57.2 Å². The fourth-order valence-electron chi connectivity index (χ4n) is 6.10. The second kappa shape index (κ2) is 12.1. The lowest BCUT2D eigenvalue weighted by molar-refractivity contribution is -0.00581. The maximum atomic E-state index is 12.9. The fraction of sp³-hybridized carbons (Fsp3) is 0.324. The first-order valence-electron chi connectivity index (χ1n) is 15.1. The standard InChI is InChI=1S/C37H39NO5/c1-36(2,3)43-35(39)38-23-13-20-31(38)34-26-40-32-22-21-27(24-33(32)42-34)25-41-37(28-14-7-4-8-15-28,29-16-9-5-10-17-29)30-18-11-6-12-19-30/h4-12,14-19,21-22,24,31,34H,13,20,23,25-26H2,1-3H3/t31-,34+/m0/s1. The Labute approximate surface area is 254 Å². The van der Waals surface area contributed by atoms with Crippen LogP contribution in [0.2, 0.25) is 0 Å². The summed E-state index contributed by atoms with van der Waals surface area (Å²) >= 11 is 0. The third-order valence-corrected chi connectivity index (χ3v) is 8.04. The zero-order chi connectivity index (χ0) is 29.9. The lowest BCUT2D eigenvalue weighted by Crippen LogP contribution is -2.50. The second-order valence-electron chi connectivity index (χ2n) is 12.2. The van der Waals surface area contributed by atoms with Crippen LogP contribution in [-0.4, -0.2) is 41.9 Å². The molecule has 2 aliphatic rings. The third kappa shape index (κ3) is 6.11. The van der Waals surface area contributed by atoms with Crippen LogP contribution in [0.15, 0.2) is 109 Å². The lowest BCUT2D eigenvalue weighted by atomic mass is 9.80. The van der Waals surface area contributed by atoms with Crippen LogP contribution in [0, 0.1) is 0 Å². The van der Waals surface area contributed by atoms with Crippen molar-refractivity contribution in [3.05, 3.63) is 131 Å². The van der Waals surface area contributed by atoms with Gasteiger partial charge in [0.1, 0.15) is 17.8 Å². The largest absolute Gasteiger partial charge is 0.486 e. The van der Waals surface area contributed by atoms with E-state index in [-0.39, 0.29) is 18.2 Å². The maximum Gasteiger partial charge on any atom is 0.410 e. The Morgan fingerprint density at radius 1 is 0.814 bits per heavy atom. The summed E-state index contributed by atoms with van der Waals surface area (Å²) in [4.78, 5) is 14.7. The number of carbonyl (C=O) groups excluding carboxylic acids is 1. The number of hydrogen-bond donors (Lipinski definition) is 0. The van der Waals surface area contributed by atoms with Crippen molar-refractivity contribution in [1.29, 1.82) is 0 Å². The van der Waals surface area contributed by atoms with Gasteiger partial charge in [-0.15, -0.1) is 0 Å². The molecule has 0 radical (unpaired) electrons. The summed E-state index contributed by atoms with van der Waals surface area (Å²) < 4.78 is 25.4. The zero-order valence-corrected chi connectivity index (χ0v) is 25.1. The van der Waals surface area contributed by atoms with E-state index in [0.29, 0.717) is 31.3 Å². The van der Waals surface area contributed by atoms with Crippen LogP contribution in [0.5, 0.6) is 11.5 Å². The number of hydrogen-bond acceptors (Lipinski definition) is 5. The minimum absolute atomic E-state index is 0.107. The Morgan fingerprint density at radius 2 is 1.40 bits per heavy atom. The molecule has 0 saturated carbocycles. The van der Waals surface area contributed by atoms with Gasteiger partial charge in [0.05, 0.1) is 12.6 Å². The van der Waals surface area contributed by atoms with E-state index in [9.17, 15) is 4.79 Å². The summed E-state index contributed by atoms with van der Waals surface area (Å²) in [6.07, 6.45) is 1.17. The van der Waals surface area contributed by atoms with Crippen molar-refractivity contribution in [1.82, 2.24) is 4.90 Å². The van der Waals surface area contributed by atoms with Gasteiger partial charge in [0.15, 0.2) is 17.6 Å². The molecule has 2 aliphatic heterocycles. The number of likely N-dealkylation sites (tertiary alicyclic amines) is 1. The highest BCUT2D eigenvalue weighted by molar-refractivity contribution is 5.69. The van der Waals surface area contributed by atoms with Crippen molar-refractivity contribution in [3.63, 3.8) is 0 Å². The molecule has 4 aromatic carbocycles. The minimum atomic E-state index is -0.822. The van der Waals surface area contributed by atoms with Crippen molar-refractivity contribution < 1.29 is 23.7 Å². The van der Waals surface area contributed by atoms with Gasteiger partial charge >= 0.3 is 6.09 Å². The van der Waals surface area contributed by atoms with Crippen LogP contribution < -0.4 is 9.47 Å². The summed E-state index contributed by atoms with van der Waals surface area (Å²) in [5.74, 6) is 1.36. The molecule has 1 fully saturated rings. The number of rotatable bonds is 7. The van der Waals surface area contributed by atoms with E-state index in [0.717, 1.165) is 35.1 Å². The summed E-state index contributed by atoms with van der Waals surface area (Å²) in [6, 6.07) is 36.9. The monoisotopic (exact) mass is 577 g/mol. The maximum absolute atomic E-state index is 12.9. The highest BCUT2D eigenvalue weighted by Crippen LogP contribution is 2.42. The summed E-state index contributed by atoms with van der Waals surface area (Å²) in [6.45, 7) is 7.04. The molecular formula is C37H39NO5. The molecule has 222 valence electrons. The zero-order valence-electron chi connectivity index (χ0n) is 25.1. The Hall–Kier alpha value is -4.29. The predicted octanol–water partition coefficient (Wildman–Crippen LogP) is 7.73. The molecule has 6 nitrogen and oxygen atoms in total. The molecule has 0 aliphatic carbocycles. The average molecular weight is 578 g/mol. The molecule has 1 saturated heterocycles. The second-order valence-corrected chi connectivity index (χ2v) is 12.2. The Morgan fingerprint density at radius 3 is 1.95 bits per heavy atom. The number of benzene rings is 4. The molecule has 0 unspecified atom stereocenters. The van der Waals surface area contributed by atoms with Crippen LogP contribution in [-0.2, 0) is 21.7 Å². The van der Waals surface area contributed by atoms with E-state index >= 15 is 0 Å². The molecule has 43 heavy (non-hydrogen) atoms. The molecule has 2 atom stereocenters. The van der Waals surface area contributed by atoms with Gasteiger partial charge in [-0.1, -0.05) is 97.1 Å². The Kier molecular flexibility index (Phi) is 8.13. The predicted molar refractivity (Wildman–Crippen MR) is 166 cm³/mol. The Bertz CT molecular complexity index is 1420. The van der Waals surface area contributed by atoms with Gasteiger partial charge < -0.3 is 23.8 Å². The highest BCUT2D eigenvalue weighted by atomic mass is 16.6. The first kappa shape index (κ1) is 28.8. The molecule has 1 amide bonds. The quantitative estimate of drug-likeness (QED) is 0.210. The summed E-state index contributed by atoms with van der Waals surface area (Å²) in [7, 11) is 0. The van der Waals surface area contributed by atoms with Crippen molar-refractivity contribution in [2.45, 2.75) is 63.6 Å². The Balaban J connectivity index is 1.27. The van der Waals surface area contributed by atoms with Crippen LogP contribution in [0.25, 0.3) is 0 Å². The van der Waals surface area contributed by atoms with Crippen molar-refractivity contribution >= 4 is 6.09 Å². The molecule has 0 aromatic heterocycles. The molecule has 6 heteroatoms. The molecule has 2 heterocycles. The van der Waals surface area contributed by atoms with Gasteiger partial charge in [-0.3, -0.25) is 0 Å². The van der Waals surface area contributed by atoms with Gasteiger partial charge in [-0.05, 0) is 68.0 Å². The minimum Gasteiger partial charge on any atom is -0.486 e. The van der Waals surface area contributed by atoms with Crippen LogP contribution >= 0.6 is 0 Å². The van der Waals surface area contributed by atoms with Crippen LogP contribution in [0.1, 0.15) is 55.9 Å². The van der Waals surface area contributed by atoms with E-state index in [1.165, 1.54) is 0 Å². The average Bonchev–Trinajstić information content (AvgIpc) is 3.52. The van der Waals surface area contributed by atoms with Gasteiger partial charge in [0.2, 0.25) is 0 Å². The summed E-state index contributed by atoms with van der Waals surface area (Å²) in [5, 5.41) is 0. The van der Waals surface area contributed by atoms with Crippen molar-refractivity contribution in [2.24, 2.45) is 0 Å². The summed E-state index contributed by atoms with van der Waals surface area (Å²) in [5.41, 5.74) is 2.74. The van der Waals surface area contributed by atoms with Gasteiger partial charge in [0.25, 0.3) is 0 Å². The number of nitrogens with zero attached hydrogens (tertiary/aromatic N) is 1. The van der Waals surface area contributed by atoms with Crippen molar-refractivity contribution in [2.75, 3.05) is 13.2 Å². The number of fused-ring (bicyclic) bond motifs is 1. The first-order chi connectivity index (χ1) is 20.8. The van der Waals surface area contributed by atoms with Crippen molar-refractivity contribution in [3.8, 4) is 11.5 Å². The number of ether oxygens (including phenoxy) is 4. The molecule has 0 spiro atoms. The van der Waals surface area contributed by atoms with Gasteiger partial charge in [-0.25, -0.2) is 4.79 Å². The van der Waals surface area contributed by atoms with E-state index in [2.05, 4.69) is 36.4 Å². The van der Waals surface area contributed by atoms with Crippen LogP contribution in [0.3, 0.4) is 0 Å². The van der Waals surface area contributed by atoms with Crippen LogP contribution in [0.4, 0.5) is 4.79 Å². The highest BCUT2D eigenvalue weighted by Gasteiger charge is 2.41.